The number of phenols is 2. The molecule has 1 fully saturated rings. The van der Waals surface area contributed by atoms with Crippen LogP contribution in [0.3, 0.4) is 0 Å². The molecule has 0 atom stereocenters. The Balaban J connectivity index is 0.00000304. The topological polar surface area (TPSA) is 70.0 Å². The van der Waals surface area contributed by atoms with E-state index in [2.05, 4.69) is 4.90 Å². The Morgan fingerprint density at radius 3 is 2.39 bits per heavy atom. The van der Waals surface area contributed by atoms with Crippen molar-refractivity contribution in [3.05, 3.63) is 76.8 Å². The number of rotatable bonds is 7. The van der Waals surface area contributed by atoms with Crippen molar-refractivity contribution in [3.8, 4) is 27.7 Å². The Morgan fingerprint density at radius 2 is 1.67 bits per heavy atom. The van der Waals surface area contributed by atoms with Gasteiger partial charge < -0.3 is 14.9 Å². The summed E-state index contributed by atoms with van der Waals surface area (Å²) in [5, 5.41) is 20.8. The third-order valence-corrected chi connectivity index (χ3v) is 7.84. The molecule has 3 aromatic carbocycles. The van der Waals surface area contributed by atoms with Crippen molar-refractivity contribution in [3.63, 3.8) is 0 Å². The Labute approximate surface area is 225 Å². The van der Waals surface area contributed by atoms with Crippen LogP contribution in [0, 0.1) is 0 Å². The van der Waals surface area contributed by atoms with Crippen LogP contribution in [0.15, 0.2) is 60.7 Å². The minimum atomic E-state index is -0.160. The zero-order valence-corrected chi connectivity index (χ0v) is 22.0. The summed E-state index contributed by atoms with van der Waals surface area (Å²) in [6, 6.07) is 16.9. The van der Waals surface area contributed by atoms with Gasteiger partial charge in [-0.1, -0.05) is 18.0 Å². The van der Waals surface area contributed by atoms with Gasteiger partial charge in [0.15, 0.2) is 5.78 Å². The van der Waals surface area contributed by atoms with E-state index in [0.29, 0.717) is 28.5 Å². The summed E-state index contributed by atoms with van der Waals surface area (Å²) in [6.45, 7) is 3.64. The van der Waals surface area contributed by atoms with Gasteiger partial charge in [-0.05, 0) is 92.2 Å². The lowest BCUT2D eigenvalue weighted by Crippen LogP contribution is -2.33. The zero-order valence-electron chi connectivity index (χ0n) is 19.6. The average molecular weight is 545 g/mol. The van der Waals surface area contributed by atoms with Crippen LogP contribution in [0.2, 0.25) is 5.02 Å². The molecule has 0 saturated carbocycles. The molecule has 2 N–H and O–H groups in total. The second kappa shape index (κ2) is 11.5. The van der Waals surface area contributed by atoms with Gasteiger partial charge in [-0.15, -0.1) is 23.7 Å². The van der Waals surface area contributed by atoms with Gasteiger partial charge in [0.05, 0.1) is 5.02 Å². The monoisotopic (exact) mass is 543 g/mol. The van der Waals surface area contributed by atoms with Crippen molar-refractivity contribution in [1.82, 2.24) is 4.90 Å². The number of fused-ring (bicyclic) bond motifs is 1. The average Bonchev–Trinajstić information content (AvgIpc) is 3.24. The number of nitrogens with zero attached hydrogens (tertiary/aromatic N) is 1. The molecule has 0 amide bonds. The molecule has 4 aromatic rings. The van der Waals surface area contributed by atoms with Gasteiger partial charge in [-0.2, -0.15) is 0 Å². The fraction of sp³-hybridized carbons (Fsp3) is 0.250. The Bertz CT molecular complexity index is 1360. The van der Waals surface area contributed by atoms with Crippen molar-refractivity contribution < 1.29 is 19.7 Å². The molecule has 1 saturated heterocycles. The lowest BCUT2D eigenvalue weighted by atomic mass is 9.97. The molecule has 1 aromatic heterocycles. The maximum atomic E-state index is 13.7. The molecule has 0 aliphatic carbocycles. The molecule has 1 aliphatic heterocycles. The van der Waals surface area contributed by atoms with Crippen LogP contribution < -0.4 is 4.74 Å². The number of halogens is 2. The smallest absolute Gasteiger partial charge is 0.195 e. The van der Waals surface area contributed by atoms with Crippen LogP contribution in [0.5, 0.6) is 17.2 Å². The number of hydrogen-bond acceptors (Lipinski definition) is 6. The van der Waals surface area contributed by atoms with Crippen molar-refractivity contribution in [2.24, 2.45) is 0 Å². The number of hydrogen-bond donors (Lipinski definition) is 2. The normalized spacial score (nSPS) is 13.9. The third kappa shape index (κ3) is 5.62. The van der Waals surface area contributed by atoms with Gasteiger partial charge in [0.25, 0.3) is 0 Å². The van der Waals surface area contributed by atoms with E-state index in [0.717, 1.165) is 40.2 Å². The largest absolute Gasteiger partial charge is 0.508 e. The Hall–Kier alpha value is -2.77. The fourth-order valence-corrected chi connectivity index (χ4v) is 5.97. The van der Waals surface area contributed by atoms with E-state index < -0.39 is 0 Å². The van der Waals surface area contributed by atoms with E-state index in [1.807, 2.05) is 0 Å². The van der Waals surface area contributed by atoms with Crippen LogP contribution in [0.25, 0.3) is 20.5 Å². The fourth-order valence-electron chi connectivity index (χ4n) is 4.50. The number of piperidine rings is 1. The van der Waals surface area contributed by atoms with E-state index in [9.17, 15) is 15.0 Å². The maximum absolute atomic E-state index is 13.7. The minimum absolute atomic E-state index is 0. The van der Waals surface area contributed by atoms with Gasteiger partial charge in [-0.3, -0.25) is 9.69 Å². The quantitative estimate of drug-likeness (QED) is 0.242. The summed E-state index contributed by atoms with van der Waals surface area (Å²) in [5.41, 5.74) is 1.83. The van der Waals surface area contributed by atoms with Crippen molar-refractivity contribution in [1.29, 1.82) is 0 Å². The van der Waals surface area contributed by atoms with Gasteiger partial charge in [0.1, 0.15) is 23.9 Å². The van der Waals surface area contributed by atoms with Crippen molar-refractivity contribution in [2.75, 3.05) is 26.2 Å². The Morgan fingerprint density at radius 1 is 0.944 bits per heavy atom. The first-order valence-corrected chi connectivity index (χ1v) is 12.9. The summed E-state index contributed by atoms with van der Waals surface area (Å²) in [6.07, 6.45) is 3.77. The lowest BCUT2D eigenvalue weighted by Gasteiger charge is -2.26. The highest BCUT2D eigenvalue weighted by Gasteiger charge is 2.23. The van der Waals surface area contributed by atoms with Crippen LogP contribution in [-0.2, 0) is 0 Å². The molecular formula is C28H27Cl2NO4S. The van der Waals surface area contributed by atoms with E-state index in [1.165, 1.54) is 30.6 Å². The maximum Gasteiger partial charge on any atom is 0.195 e. The second-order valence-electron chi connectivity index (χ2n) is 8.76. The van der Waals surface area contributed by atoms with Crippen LogP contribution in [0.1, 0.15) is 35.2 Å². The number of carbonyl (C=O) groups excluding carboxylic acids is 1. The summed E-state index contributed by atoms with van der Waals surface area (Å²) < 4.78 is 6.72. The number of ketones is 1. The second-order valence-corrected chi connectivity index (χ2v) is 10.2. The third-order valence-electron chi connectivity index (χ3n) is 6.34. The molecule has 188 valence electrons. The highest BCUT2D eigenvalue weighted by molar-refractivity contribution is 7.22. The summed E-state index contributed by atoms with van der Waals surface area (Å²) in [7, 11) is 0. The van der Waals surface area contributed by atoms with Crippen molar-refractivity contribution in [2.45, 2.75) is 19.3 Å². The number of thiophene rings is 1. The molecule has 2 heterocycles. The van der Waals surface area contributed by atoms with Crippen LogP contribution in [0.4, 0.5) is 0 Å². The number of benzene rings is 3. The van der Waals surface area contributed by atoms with Gasteiger partial charge in [0, 0.05) is 32.6 Å². The minimum Gasteiger partial charge on any atom is -0.508 e. The first-order valence-electron chi connectivity index (χ1n) is 11.7. The molecular weight excluding hydrogens is 517 g/mol. The van der Waals surface area contributed by atoms with E-state index in [-0.39, 0.29) is 29.7 Å². The molecule has 0 spiro atoms. The van der Waals surface area contributed by atoms with E-state index >= 15 is 0 Å². The van der Waals surface area contributed by atoms with Gasteiger partial charge in [0.2, 0.25) is 0 Å². The molecule has 0 bridgehead atoms. The van der Waals surface area contributed by atoms with Crippen molar-refractivity contribution >= 4 is 51.2 Å². The molecule has 8 heteroatoms. The number of likely N-dealkylation sites (tertiary alicyclic amines) is 1. The summed E-state index contributed by atoms with van der Waals surface area (Å²) in [4.78, 5) is 16.9. The van der Waals surface area contributed by atoms with Gasteiger partial charge in [-0.25, -0.2) is 0 Å². The van der Waals surface area contributed by atoms with Gasteiger partial charge >= 0.3 is 0 Å². The standard InChI is InChI=1S/C28H26ClNO4S.ClH/c29-23-16-19(6-11-24(23)34-15-14-30-12-2-1-3-13-30)27(33)26-22-10-9-21(32)17-25(22)35-28(26)18-4-7-20(31)8-5-18;/h4-11,16-17,31-32H,1-3,12-15H2;1H. The first-order chi connectivity index (χ1) is 17.0. The molecule has 5 rings (SSSR count). The van der Waals surface area contributed by atoms with E-state index in [1.54, 1.807) is 60.7 Å². The number of phenolic OH excluding ortho intramolecular Hbond substituents is 2. The SMILES string of the molecule is Cl.O=C(c1ccc(OCCN2CCCCC2)c(Cl)c1)c1c(-c2ccc(O)cc2)sc2cc(O)ccc12. The highest BCUT2D eigenvalue weighted by Crippen LogP contribution is 2.42. The van der Waals surface area contributed by atoms with E-state index in [4.69, 9.17) is 16.3 Å². The number of aromatic hydroxyl groups is 2. The Kier molecular flexibility index (Phi) is 8.42. The van der Waals surface area contributed by atoms with Crippen LogP contribution >= 0.6 is 35.3 Å². The zero-order chi connectivity index (χ0) is 24.4. The molecule has 5 nitrogen and oxygen atoms in total. The summed E-state index contributed by atoms with van der Waals surface area (Å²) in [5.74, 6) is 0.706. The first kappa shape index (κ1) is 26.3. The molecule has 0 unspecified atom stereocenters. The molecule has 36 heavy (non-hydrogen) atoms. The number of ether oxygens (including phenoxy) is 1. The summed E-state index contributed by atoms with van der Waals surface area (Å²) >= 11 is 7.95. The molecule has 1 aliphatic rings. The predicted octanol–water partition coefficient (Wildman–Crippen LogP) is 7.15. The predicted molar refractivity (Wildman–Crippen MR) is 149 cm³/mol. The lowest BCUT2D eigenvalue weighted by molar-refractivity contribution is 0.104. The molecule has 0 radical (unpaired) electrons. The van der Waals surface area contributed by atoms with Crippen LogP contribution in [-0.4, -0.2) is 47.1 Å². The highest BCUT2D eigenvalue weighted by atomic mass is 35.5. The number of carbonyl (C=O) groups is 1.